The van der Waals surface area contributed by atoms with Crippen molar-refractivity contribution >= 4 is 28.5 Å². The number of nitrogens with one attached hydrogen (secondary N) is 1. The second-order valence-electron chi connectivity index (χ2n) is 8.72. The van der Waals surface area contributed by atoms with Crippen molar-refractivity contribution in [1.82, 2.24) is 20.1 Å². The molecular weight excluding hydrogens is 448 g/mol. The summed E-state index contributed by atoms with van der Waals surface area (Å²) in [5.41, 5.74) is 4.05. The van der Waals surface area contributed by atoms with E-state index in [1.54, 1.807) is 6.07 Å². The van der Waals surface area contributed by atoms with Crippen LogP contribution in [0.15, 0.2) is 96.0 Å². The Labute approximate surface area is 210 Å². The average Bonchev–Trinajstić information content (AvgIpc) is 2.93. The van der Waals surface area contributed by atoms with Crippen molar-refractivity contribution in [3.8, 4) is 6.19 Å². The van der Waals surface area contributed by atoms with Crippen molar-refractivity contribution in [2.24, 2.45) is 4.99 Å². The number of amides is 1. The van der Waals surface area contributed by atoms with Crippen LogP contribution in [0.2, 0.25) is 0 Å². The zero-order valence-corrected chi connectivity index (χ0v) is 20.0. The fourth-order valence-electron chi connectivity index (χ4n) is 4.54. The number of pyridine rings is 1. The van der Waals surface area contributed by atoms with E-state index in [1.165, 1.54) is 0 Å². The van der Waals surface area contributed by atoms with Crippen LogP contribution in [0.4, 0.5) is 5.69 Å². The molecule has 1 saturated heterocycles. The molecule has 3 aromatic carbocycles. The van der Waals surface area contributed by atoms with Gasteiger partial charge in [0.2, 0.25) is 5.96 Å². The molecular formula is C29H26N6O. The number of nitrogens with zero attached hydrogens (tertiary/aromatic N) is 5. The molecule has 1 aromatic heterocycles. The maximum Gasteiger partial charge on any atom is 0.273 e. The van der Waals surface area contributed by atoms with Gasteiger partial charge in [-0.1, -0.05) is 72.8 Å². The Bertz CT molecular complexity index is 1460. The van der Waals surface area contributed by atoms with Crippen molar-refractivity contribution in [1.29, 1.82) is 5.26 Å². The number of para-hydroxylation sites is 2. The number of rotatable bonds is 3. The minimum atomic E-state index is -0.233. The van der Waals surface area contributed by atoms with Crippen molar-refractivity contribution in [2.75, 3.05) is 19.6 Å². The number of piperazine rings is 1. The second kappa shape index (κ2) is 10.3. The molecule has 7 nitrogen and oxygen atoms in total. The summed E-state index contributed by atoms with van der Waals surface area (Å²) in [6.45, 7) is 3.47. The lowest BCUT2D eigenvalue weighted by molar-refractivity contribution is 0.0542. The van der Waals surface area contributed by atoms with Crippen LogP contribution in [0.3, 0.4) is 0 Å². The molecule has 36 heavy (non-hydrogen) atoms. The first kappa shape index (κ1) is 23.1. The quantitative estimate of drug-likeness (QED) is 0.200. The summed E-state index contributed by atoms with van der Waals surface area (Å²) >= 11 is 0. The van der Waals surface area contributed by atoms with Gasteiger partial charge in [-0.15, -0.1) is 0 Å². The zero-order chi connectivity index (χ0) is 24.9. The highest BCUT2D eigenvalue weighted by Gasteiger charge is 2.34. The lowest BCUT2D eigenvalue weighted by atomic mass is 10.0. The molecule has 0 aliphatic carbocycles. The lowest BCUT2D eigenvalue weighted by Gasteiger charge is -2.42. The highest BCUT2D eigenvalue weighted by Crippen LogP contribution is 2.28. The SMILES string of the molecule is Cc1ccccc1N=C(NC#N)N1CCN(C(=O)c2ccc3ccccc3n2)C(c2ccccc2)C1. The molecule has 1 amide bonds. The van der Waals surface area contributed by atoms with Crippen LogP contribution in [-0.2, 0) is 0 Å². The highest BCUT2D eigenvalue weighted by molar-refractivity contribution is 5.95. The number of hydrogen-bond donors (Lipinski definition) is 1. The highest BCUT2D eigenvalue weighted by atomic mass is 16.2. The van der Waals surface area contributed by atoms with Gasteiger partial charge >= 0.3 is 0 Å². The van der Waals surface area contributed by atoms with E-state index in [0.29, 0.717) is 31.3 Å². The third-order valence-corrected chi connectivity index (χ3v) is 6.45. The standard InChI is InChI=1S/C29H26N6O/c1-21-9-5-7-13-24(21)33-29(31-20-30)34-17-18-35(27(19-34)23-11-3-2-4-12-23)28(36)26-16-15-22-10-6-8-14-25(22)32-26/h2-16,27H,17-19H2,1H3,(H,31,33). The van der Waals surface area contributed by atoms with Gasteiger partial charge in [-0.3, -0.25) is 10.1 Å². The fourth-order valence-corrected chi connectivity index (χ4v) is 4.54. The van der Waals surface area contributed by atoms with E-state index in [0.717, 1.165) is 27.7 Å². The molecule has 2 heterocycles. The van der Waals surface area contributed by atoms with E-state index in [2.05, 4.69) is 10.3 Å². The van der Waals surface area contributed by atoms with Crippen molar-refractivity contribution in [3.63, 3.8) is 0 Å². The minimum absolute atomic E-state index is 0.111. The van der Waals surface area contributed by atoms with E-state index in [1.807, 2.05) is 108 Å². The van der Waals surface area contributed by atoms with E-state index in [-0.39, 0.29) is 11.9 Å². The first-order valence-corrected chi connectivity index (χ1v) is 11.9. The normalized spacial score (nSPS) is 16.0. The van der Waals surface area contributed by atoms with Crippen LogP contribution >= 0.6 is 0 Å². The predicted molar refractivity (Wildman–Crippen MR) is 141 cm³/mol. The van der Waals surface area contributed by atoms with Gasteiger partial charge in [0.1, 0.15) is 5.69 Å². The number of carbonyl (C=O) groups is 1. The molecule has 1 aliphatic heterocycles. The monoisotopic (exact) mass is 474 g/mol. The first-order chi connectivity index (χ1) is 17.6. The zero-order valence-electron chi connectivity index (χ0n) is 20.0. The largest absolute Gasteiger partial charge is 0.338 e. The maximum atomic E-state index is 13.7. The molecule has 1 atom stereocenters. The number of aliphatic imine (C=N–C) groups is 1. The van der Waals surface area contributed by atoms with Crippen LogP contribution in [0.25, 0.3) is 10.9 Å². The molecule has 178 valence electrons. The Balaban J connectivity index is 1.48. The molecule has 5 rings (SSSR count). The fraction of sp³-hybridized carbons (Fsp3) is 0.172. The number of hydrogen-bond acceptors (Lipinski definition) is 4. The number of guanidine groups is 1. The molecule has 0 bridgehead atoms. The molecule has 0 spiro atoms. The van der Waals surface area contributed by atoms with Crippen molar-refractivity contribution < 1.29 is 4.79 Å². The van der Waals surface area contributed by atoms with E-state index < -0.39 is 0 Å². The van der Waals surface area contributed by atoms with E-state index in [4.69, 9.17) is 4.99 Å². The second-order valence-corrected chi connectivity index (χ2v) is 8.72. The van der Waals surface area contributed by atoms with Gasteiger partial charge in [-0.05, 0) is 36.2 Å². The molecule has 1 fully saturated rings. The molecule has 1 unspecified atom stereocenters. The number of nitriles is 1. The molecule has 4 aromatic rings. The van der Waals surface area contributed by atoms with E-state index >= 15 is 0 Å². The molecule has 0 radical (unpaired) electrons. The Hall–Kier alpha value is -4.70. The summed E-state index contributed by atoms with van der Waals surface area (Å²) in [5, 5.41) is 13.2. The first-order valence-electron chi connectivity index (χ1n) is 11.9. The predicted octanol–water partition coefficient (Wildman–Crippen LogP) is 4.80. The van der Waals surface area contributed by atoms with Gasteiger partial charge in [0, 0.05) is 25.0 Å². The van der Waals surface area contributed by atoms with Gasteiger partial charge in [-0.2, -0.15) is 5.26 Å². The topological polar surface area (TPSA) is 84.6 Å². The molecule has 7 heteroatoms. The minimum Gasteiger partial charge on any atom is -0.338 e. The lowest BCUT2D eigenvalue weighted by Crippen LogP contribution is -2.54. The van der Waals surface area contributed by atoms with Crippen LogP contribution in [0, 0.1) is 18.4 Å². The van der Waals surface area contributed by atoms with Gasteiger partial charge in [-0.25, -0.2) is 9.98 Å². The summed E-state index contributed by atoms with van der Waals surface area (Å²) in [4.78, 5) is 27.0. The number of aromatic nitrogens is 1. The maximum absolute atomic E-state index is 13.7. The summed E-state index contributed by atoms with van der Waals surface area (Å²) in [7, 11) is 0. The van der Waals surface area contributed by atoms with Crippen LogP contribution in [-0.4, -0.2) is 46.3 Å². The number of aryl methyl sites for hydroxylation is 1. The number of benzene rings is 3. The van der Waals surface area contributed by atoms with Gasteiger partial charge < -0.3 is 9.80 Å². The van der Waals surface area contributed by atoms with Gasteiger partial charge in [0.25, 0.3) is 5.91 Å². The third-order valence-electron chi connectivity index (χ3n) is 6.45. The van der Waals surface area contributed by atoms with Gasteiger partial charge in [0.05, 0.1) is 17.2 Å². The third kappa shape index (κ3) is 4.75. The van der Waals surface area contributed by atoms with Crippen LogP contribution in [0.1, 0.15) is 27.7 Å². The van der Waals surface area contributed by atoms with E-state index in [9.17, 15) is 10.1 Å². The van der Waals surface area contributed by atoms with Crippen molar-refractivity contribution in [2.45, 2.75) is 13.0 Å². The Morgan fingerprint density at radius 2 is 1.72 bits per heavy atom. The summed E-state index contributed by atoms with van der Waals surface area (Å²) in [5.74, 6) is 0.364. The summed E-state index contributed by atoms with van der Waals surface area (Å²) < 4.78 is 0. The van der Waals surface area contributed by atoms with Crippen LogP contribution in [0.5, 0.6) is 0 Å². The summed E-state index contributed by atoms with van der Waals surface area (Å²) in [6.07, 6.45) is 2.02. The number of carbonyl (C=O) groups excluding carboxylic acids is 1. The Kier molecular flexibility index (Phi) is 6.59. The summed E-state index contributed by atoms with van der Waals surface area (Å²) in [6, 6.07) is 29.0. The molecule has 0 saturated carbocycles. The Morgan fingerprint density at radius 3 is 2.53 bits per heavy atom. The Morgan fingerprint density at radius 1 is 0.972 bits per heavy atom. The average molecular weight is 475 g/mol. The van der Waals surface area contributed by atoms with Gasteiger partial charge in [0.15, 0.2) is 6.19 Å². The van der Waals surface area contributed by atoms with Crippen molar-refractivity contribution in [3.05, 3.63) is 108 Å². The van der Waals surface area contributed by atoms with Crippen LogP contribution < -0.4 is 5.32 Å². The number of fused-ring (bicyclic) bond motifs is 1. The molecule has 1 N–H and O–H groups in total. The smallest absolute Gasteiger partial charge is 0.273 e. The molecule has 1 aliphatic rings.